The van der Waals surface area contributed by atoms with Crippen molar-refractivity contribution < 1.29 is 43.0 Å². The zero-order chi connectivity index (χ0) is 20.2. The van der Waals surface area contributed by atoms with E-state index in [2.05, 4.69) is 16.3 Å². The molecule has 2 N–H and O–H groups in total. The fraction of sp³-hybridized carbons (Fsp3) is 0.938. The van der Waals surface area contributed by atoms with E-state index in [0.717, 1.165) is 25.7 Å². The lowest BCUT2D eigenvalue weighted by Gasteiger charge is -2.32. The lowest BCUT2D eigenvalue weighted by atomic mass is 10.1. The number of likely N-dealkylation sites (N-methyl/N-ethyl adjacent to an activating group) is 1. The summed E-state index contributed by atoms with van der Waals surface area (Å²) in [7, 11) is 0.665. The van der Waals surface area contributed by atoms with Crippen LogP contribution >= 0.6 is 7.82 Å². The van der Waals surface area contributed by atoms with Crippen molar-refractivity contribution >= 4 is 13.6 Å². The number of phosphoric acid groups is 1. The number of hydrogen-bond acceptors (Lipinski definition) is 8. The predicted molar refractivity (Wildman–Crippen MR) is 94.3 cm³/mol. The normalized spacial score (nSPS) is 16.9. The highest BCUT2D eigenvalue weighted by Gasteiger charge is 2.30. The van der Waals surface area contributed by atoms with Gasteiger partial charge in [-0.05, 0) is 6.42 Å². The van der Waals surface area contributed by atoms with Gasteiger partial charge in [0.05, 0.1) is 34.4 Å². The van der Waals surface area contributed by atoms with Gasteiger partial charge in [-0.2, -0.15) is 0 Å². The summed E-state index contributed by atoms with van der Waals surface area (Å²) in [4.78, 5) is 28.3. The van der Waals surface area contributed by atoms with Gasteiger partial charge in [0.2, 0.25) is 0 Å². The van der Waals surface area contributed by atoms with Crippen LogP contribution in [-0.2, 0) is 23.3 Å². The van der Waals surface area contributed by atoms with Gasteiger partial charge in [-0.15, -0.1) is 0 Å². The number of unbranched alkanes of at least 4 members (excludes halogenated alkanes) is 4. The maximum Gasteiger partial charge on any atom is 0.268 e. The Bertz CT molecular complexity index is 436. The number of hydrogen-bond donors (Lipinski definition) is 2. The second kappa shape index (κ2) is 12.9. The van der Waals surface area contributed by atoms with Gasteiger partial charge in [0.25, 0.3) is 7.82 Å². The van der Waals surface area contributed by atoms with E-state index in [1.54, 1.807) is 0 Å². The van der Waals surface area contributed by atoms with E-state index < -0.39 is 33.2 Å². The summed E-state index contributed by atoms with van der Waals surface area (Å²) in [5.74, 6) is -0.286. The number of aliphatic hydroxyl groups is 1. The number of quaternary nitrogens is 1. The van der Waals surface area contributed by atoms with Crippen LogP contribution in [0.2, 0.25) is 0 Å². The summed E-state index contributed by atoms with van der Waals surface area (Å²) in [5.41, 5.74) is 0. The van der Waals surface area contributed by atoms with Crippen LogP contribution < -0.4 is 4.89 Å². The molecule has 0 aromatic carbocycles. The third-order valence-electron chi connectivity index (χ3n) is 3.63. The summed E-state index contributed by atoms with van der Waals surface area (Å²) in [6, 6.07) is 0. The molecule has 0 saturated heterocycles. The fourth-order valence-corrected chi connectivity index (χ4v) is 3.14. The van der Waals surface area contributed by atoms with Gasteiger partial charge >= 0.3 is 0 Å². The molecule has 26 heavy (non-hydrogen) atoms. The van der Waals surface area contributed by atoms with Crippen LogP contribution in [-0.4, -0.2) is 73.7 Å². The first-order valence-electron chi connectivity index (χ1n) is 8.93. The van der Waals surface area contributed by atoms with E-state index in [0.29, 0.717) is 10.9 Å². The number of phosphoric ester groups is 1. The van der Waals surface area contributed by atoms with Gasteiger partial charge in [-0.3, -0.25) is 14.6 Å². The van der Waals surface area contributed by atoms with Crippen molar-refractivity contribution in [3.63, 3.8) is 0 Å². The molecule has 9 nitrogen and oxygen atoms in total. The predicted octanol–water partition coefficient (Wildman–Crippen LogP) is 1.34. The quantitative estimate of drug-likeness (QED) is 0.131. The Morgan fingerprint density at radius 1 is 1.19 bits per heavy atom. The maximum atomic E-state index is 12.4. The molecule has 0 heterocycles. The monoisotopic (exact) mass is 399 g/mol. The summed E-state index contributed by atoms with van der Waals surface area (Å²) >= 11 is 0. The Kier molecular flexibility index (Phi) is 12.7. The second-order valence-corrected chi connectivity index (χ2v) is 8.71. The van der Waals surface area contributed by atoms with Crippen molar-refractivity contribution in [1.82, 2.24) is 0 Å². The maximum absolute atomic E-state index is 12.4. The van der Waals surface area contributed by atoms with Gasteiger partial charge in [0.15, 0.2) is 11.9 Å². The molecular weight excluding hydrogens is 365 g/mol. The number of carbonyl (C=O) groups is 1. The highest BCUT2D eigenvalue weighted by Crippen LogP contribution is 2.40. The molecule has 10 heteroatoms. The Labute approximate surface area is 156 Å². The molecule has 0 bridgehead atoms. The van der Waals surface area contributed by atoms with E-state index in [9.17, 15) is 14.3 Å². The Hall–Kier alpha value is -0.380. The molecule has 0 aliphatic rings. The van der Waals surface area contributed by atoms with Crippen molar-refractivity contribution in [2.45, 2.75) is 57.7 Å². The minimum atomic E-state index is -4.80. The standard InChI is InChI=1S/C16H34NO8P/c1-5-6-7-8-9-10-15(19)16(11-17(2,3)4)25-26(21,22)23-13-14(12-18)24-20/h14,16,18H,5-13H2,1-4H3,(H-,20,21,22)/t14-,16?/m1/s1. The highest BCUT2D eigenvalue weighted by atomic mass is 31.2. The molecule has 0 aromatic rings. The number of rotatable bonds is 16. The molecule has 3 atom stereocenters. The van der Waals surface area contributed by atoms with Gasteiger partial charge in [-0.25, -0.2) is 4.89 Å². The summed E-state index contributed by atoms with van der Waals surface area (Å²) in [6.07, 6.45) is 2.73. The van der Waals surface area contributed by atoms with E-state index in [4.69, 9.17) is 14.9 Å². The molecular formula is C16H34NO8P. The van der Waals surface area contributed by atoms with Crippen molar-refractivity contribution in [1.29, 1.82) is 0 Å². The molecule has 0 radical (unpaired) electrons. The summed E-state index contributed by atoms with van der Waals surface area (Å²) in [5, 5.41) is 17.3. The molecule has 0 spiro atoms. The summed E-state index contributed by atoms with van der Waals surface area (Å²) in [6.45, 7) is 1.03. The molecule has 0 saturated carbocycles. The van der Waals surface area contributed by atoms with Gasteiger partial charge in [0.1, 0.15) is 12.6 Å². The highest BCUT2D eigenvalue weighted by molar-refractivity contribution is 7.45. The smallest absolute Gasteiger partial charge is 0.268 e. The molecule has 2 unspecified atom stereocenters. The Morgan fingerprint density at radius 2 is 1.81 bits per heavy atom. The van der Waals surface area contributed by atoms with E-state index in [1.165, 1.54) is 0 Å². The number of carbonyl (C=O) groups excluding carboxylic acids is 1. The first kappa shape index (κ1) is 25.6. The number of nitrogens with zero attached hydrogens (tertiary/aromatic N) is 1. The molecule has 0 aliphatic carbocycles. The van der Waals surface area contributed by atoms with Gasteiger partial charge in [-0.1, -0.05) is 32.6 Å². The first-order valence-corrected chi connectivity index (χ1v) is 10.4. The summed E-state index contributed by atoms with van der Waals surface area (Å²) < 4.78 is 21.9. The fourth-order valence-electron chi connectivity index (χ4n) is 2.23. The number of Topliss-reactive ketones (excluding diaryl/α,β-unsaturated/α-hetero) is 1. The SMILES string of the molecule is CCCCCCCC(=O)C(C[N+](C)(C)C)OP(=O)([O-])OC[C@@H](CO)OO. The zero-order valence-electron chi connectivity index (χ0n) is 16.3. The van der Waals surface area contributed by atoms with Crippen LogP contribution in [0.25, 0.3) is 0 Å². The minimum absolute atomic E-state index is 0.170. The van der Waals surface area contributed by atoms with Crippen LogP contribution in [0.4, 0.5) is 0 Å². The van der Waals surface area contributed by atoms with Crippen LogP contribution in [0.1, 0.15) is 45.4 Å². The number of aliphatic hydroxyl groups excluding tert-OH is 1. The lowest BCUT2D eigenvalue weighted by molar-refractivity contribution is -0.872. The van der Waals surface area contributed by atoms with Crippen LogP contribution in [0.3, 0.4) is 0 Å². The second-order valence-electron chi connectivity index (χ2n) is 7.35. The largest absolute Gasteiger partial charge is 0.756 e. The number of ketones is 1. The van der Waals surface area contributed by atoms with Crippen LogP contribution in [0.15, 0.2) is 0 Å². The average Bonchev–Trinajstić information content (AvgIpc) is 2.53. The first-order chi connectivity index (χ1) is 12.0. The minimum Gasteiger partial charge on any atom is -0.756 e. The van der Waals surface area contributed by atoms with E-state index >= 15 is 0 Å². The van der Waals surface area contributed by atoms with Crippen LogP contribution in [0, 0.1) is 0 Å². The third kappa shape index (κ3) is 12.9. The van der Waals surface area contributed by atoms with Crippen molar-refractivity contribution in [3.05, 3.63) is 0 Å². The Morgan fingerprint density at radius 3 is 2.31 bits per heavy atom. The third-order valence-corrected chi connectivity index (χ3v) is 4.60. The lowest BCUT2D eigenvalue weighted by Crippen LogP contribution is -2.45. The van der Waals surface area contributed by atoms with E-state index in [-0.39, 0.29) is 18.7 Å². The van der Waals surface area contributed by atoms with Crippen molar-refractivity contribution in [2.24, 2.45) is 0 Å². The Balaban J connectivity index is 4.75. The molecule has 0 rings (SSSR count). The van der Waals surface area contributed by atoms with Crippen molar-refractivity contribution in [3.8, 4) is 0 Å². The molecule has 0 aromatic heterocycles. The van der Waals surface area contributed by atoms with Crippen LogP contribution in [0.5, 0.6) is 0 Å². The van der Waals surface area contributed by atoms with Gasteiger partial charge < -0.3 is 23.5 Å². The zero-order valence-corrected chi connectivity index (χ0v) is 17.2. The van der Waals surface area contributed by atoms with E-state index in [1.807, 2.05) is 21.1 Å². The molecule has 0 fully saturated rings. The average molecular weight is 399 g/mol. The molecule has 156 valence electrons. The van der Waals surface area contributed by atoms with Crippen molar-refractivity contribution in [2.75, 3.05) is 40.9 Å². The van der Waals surface area contributed by atoms with Gasteiger partial charge in [0, 0.05) is 6.42 Å². The molecule has 0 aliphatic heterocycles. The topological polar surface area (TPSA) is 125 Å². The molecule has 0 amide bonds.